The minimum atomic E-state index is 0.0164. The van der Waals surface area contributed by atoms with E-state index >= 15 is 0 Å². The molecule has 0 amide bonds. The van der Waals surface area contributed by atoms with Gasteiger partial charge < -0.3 is 9.30 Å². The molecular weight excluding hydrogens is 278 g/mol. The zero-order chi connectivity index (χ0) is 15.8. The third kappa shape index (κ3) is 3.14. The predicted molar refractivity (Wildman–Crippen MR) is 94.5 cm³/mol. The lowest BCUT2D eigenvalue weighted by atomic mass is 9.87. The van der Waals surface area contributed by atoms with Crippen molar-refractivity contribution in [3.05, 3.63) is 35.5 Å². The molecule has 21 heavy (non-hydrogen) atoms. The van der Waals surface area contributed by atoms with Crippen molar-refractivity contribution in [3.63, 3.8) is 0 Å². The number of benzene rings is 1. The molecule has 0 fully saturated rings. The highest BCUT2D eigenvalue weighted by molar-refractivity contribution is 7.80. The predicted octanol–water partition coefficient (Wildman–Crippen LogP) is 4.75. The second-order valence-corrected chi connectivity index (χ2v) is 7.76. The summed E-state index contributed by atoms with van der Waals surface area (Å²) in [6, 6.07) is 9.03. The maximum atomic E-state index is 5.44. The molecule has 0 radical (unpaired) electrons. The number of ether oxygens (including phenoxy) is 1. The topological polar surface area (TPSA) is 14.2 Å². The molecule has 116 valence electrons. The Balaban J connectivity index is 2.70. The molecule has 0 unspecified atom stereocenters. The van der Waals surface area contributed by atoms with Crippen molar-refractivity contribution in [1.29, 1.82) is 0 Å². The maximum absolute atomic E-state index is 5.44. The minimum Gasteiger partial charge on any atom is -0.364 e. The molecule has 0 bridgehead atoms. The molecule has 0 saturated heterocycles. The Morgan fingerprint density at radius 1 is 1.10 bits per heavy atom. The summed E-state index contributed by atoms with van der Waals surface area (Å²) < 4.78 is 7.72. The number of thiol groups is 1. The summed E-state index contributed by atoms with van der Waals surface area (Å²) >= 11 is 4.52. The lowest BCUT2D eigenvalue weighted by Gasteiger charge is -2.25. The van der Waals surface area contributed by atoms with Crippen LogP contribution >= 0.6 is 12.6 Å². The first-order valence-electron chi connectivity index (χ1n) is 7.45. The highest BCUT2D eigenvalue weighted by Gasteiger charge is 2.25. The van der Waals surface area contributed by atoms with E-state index in [4.69, 9.17) is 4.74 Å². The van der Waals surface area contributed by atoms with Crippen LogP contribution in [0.1, 0.15) is 45.9 Å². The molecule has 0 aliphatic heterocycles. The molecule has 1 aromatic carbocycles. The number of rotatable bonds is 4. The molecule has 2 rings (SSSR count). The smallest absolute Gasteiger partial charge is 0.122 e. The molecule has 2 nitrogen and oxygen atoms in total. The van der Waals surface area contributed by atoms with Gasteiger partial charge in [0.2, 0.25) is 0 Å². The molecule has 0 spiro atoms. The van der Waals surface area contributed by atoms with Gasteiger partial charge in [-0.1, -0.05) is 46.8 Å². The van der Waals surface area contributed by atoms with Crippen LogP contribution in [0, 0.1) is 0 Å². The monoisotopic (exact) mass is 305 g/mol. The molecule has 2 aromatic rings. The Morgan fingerprint density at radius 2 is 1.76 bits per heavy atom. The second-order valence-electron chi connectivity index (χ2n) is 7.44. The van der Waals surface area contributed by atoms with Crippen molar-refractivity contribution in [2.24, 2.45) is 0 Å². The summed E-state index contributed by atoms with van der Waals surface area (Å²) in [7, 11) is 1.75. The summed E-state index contributed by atoms with van der Waals surface area (Å²) in [5.41, 5.74) is 4.04. The van der Waals surface area contributed by atoms with Crippen molar-refractivity contribution in [3.8, 4) is 0 Å². The quantitative estimate of drug-likeness (QED) is 0.805. The van der Waals surface area contributed by atoms with Crippen molar-refractivity contribution in [2.45, 2.75) is 52.2 Å². The van der Waals surface area contributed by atoms with Gasteiger partial charge in [-0.15, -0.1) is 0 Å². The third-order valence-electron chi connectivity index (χ3n) is 4.12. The standard InChI is InChI=1S/C18H27NOS/c1-17(2,3)14-8-7-13-9-16(18(4,5)11-21)19(12-20-6)15(13)10-14/h7-10,21H,11-12H2,1-6H3. The van der Waals surface area contributed by atoms with Gasteiger partial charge in [0.25, 0.3) is 0 Å². The fourth-order valence-electron chi connectivity index (χ4n) is 2.63. The fraction of sp³-hybridized carbons (Fsp3) is 0.556. The first-order chi connectivity index (χ1) is 9.70. The van der Waals surface area contributed by atoms with E-state index in [0.29, 0.717) is 6.73 Å². The first-order valence-corrected chi connectivity index (χ1v) is 8.08. The molecule has 3 heteroatoms. The highest BCUT2D eigenvalue weighted by atomic mass is 32.1. The molecule has 0 N–H and O–H groups in total. The Labute approximate surface area is 133 Å². The van der Waals surface area contributed by atoms with Crippen LogP contribution in [0.15, 0.2) is 24.3 Å². The lowest BCUT2D eigenvalue weighted by molar-refractivity contribution is 0.130. The van der Waals surface area contributed by atoms with Gasteiger partial charge in [-0.3, -0.25) is 0 Å². The van der Waals surface area contributed by atoms with Crippen molar-refractivity contribution in [1.82, 2.24) is 4.57 Å². The van der Waals surface area contributed by atoms with Gasteiger partial charge in [0.15, 0.2) is 0 Å². The molecule has 0 aliphatic carbocycles. The van der Waals surface area contributed by atoms with Gasteiger partial charge in [-0.2, -0.15) is 12.6 Å². The molecule has 0 atom stereocenters. The van der Waals surface area contributed by atoms with E-state index in [1.54, 1.807) is 7.11 Å². The number of hydrogen-bond donors (Lipinski definition) is 1. The van der Waals surface area contributed by atoms with Crippen LogP contribution in [-0.2, 0) is 22.3 Å². The summed E-state index contributed by atoms with van der Waals surface area (Å²) in [6.45, 7) is 11.8. The second kappa shape index (κ2) is 5.69. The zero-order valence-corrected chi connectivity index (χ0v) is 14.9. The molecule has 1 heterocycles. The third-order valence-corrected chi connectivity index (χ3v) is 4.91. The molecule has 0 aliphatic rings. The number of aromatic nitrogens is 1. The molecular formula is C18H27NOS. The summed E-state index contributed by atoms with van der Waals surface area (Å²) in [4.78, 5) is 0. The van der Waals surface area contributed by atoms with Gasteiger partial charge in [0.1, 0.15) is 6.73 Å². The average molecular weight is 305 g/mol. The van der Waals surface area contributed by atoms with Gasteiger partial charge in [0.05, 0.1) is 5.52 Å². The minimum absolute atomic E-state index is 0.0164. The van der Waals surface area contributed by atoms with Crippen molar-refractivity contribution < 1.29 is 4.74 Å². The van der Waals surface area contributed by atoms with E-state index in [1.165, 1.54) is 22.2 Å². The van der Waals surface area contributed by atoms with E-state index in [9.17, 15) is 0 Å². The number of hydrogen-bond acceptors (Lipinski definition) is 2. The van der Waals surface area contributed by atoms with Gasteiger partial charge in [-0.25, -0.2) is 0 Å². The van der Waals surface area contributed by atoms with E-state index in [2.05, 4.69) is 76.1 Å². The van der Waals surface area contributed by atoms with Crippen LogP contribution < -0.4 is 0 Å². The first kappa shape index (κ1) is 16.4. The van der Waals surface area contributed by atoms with Crippen LogP contribution in [0.2, 0.25) is 0 Å². The van der Waals surface area contributed by atoms with Crippen LogP contribution in [0.25, 0.3) is 10.9 Å². The number of methoxy groups -OCH3 is 1. The highest BCUT2D eigenvalue weighted by Crippen LogP contribution is 2.33. The Morgan fingerprint density at radius 3 is 2.29 bits per heavy atom. The van der Waals surface area contributed by atoms with Gasteiger partial charge in [0, 0.05) is 24.0 Å². The van der Waals surface area contributed by atoms with E-state index in [-0.39, 0.29) is 10.8 Å². The Bertz CT molecular complexity index is 634. The maximum Gasteiger partial charge on any atom is 0.122 e. The van der Waals surface area contributed by atoms with E-state index in [0.717, 1.165) is 5.75 Å². The zero-order valence-electron chi connectivity index (χ0n) is 14.0. The van der Waals surface area contributed by atoms with Crippen molar-refractivity contribution >= 4 is 23.5 Å². The van der Waals surface area contributed by atoms with Crippen LogP contribution in [-0.4, -0.2) is 17.4 Å². The molecule has 0 saturated carbocycles. The van der Waals surface area contributed by atoms with Crippen LogP contribution in [0.4, 0.5) is 0 Å². The van der Waals surface area contributed by atoms with E-state index in [1.807, 2.05) is 0 Å². The number of fused-ring (bicyclic) bond motifs is 1. The van der Waals surface area contributed by atoms with Crippen molar-refractivity contribution in [2.75, 3.05) is 12.9 Å². The summed E-state index contributed by atoms with van der Waals surface area (Å²) in [6.07, 6.45) is 0. The molecule has 1 aromatic heterocycles. The average Bonchev–Trinajstić information content (AvgIpc) is 2.77. The Hall–Kier alpha value is -0.930. The number of nitrogens with zero attached hydrogens (tertiary/aromatic N) is 1. The SMILES string of the molecule is COCn1c(C(C)(C)CS)cc2ccc(C(C)(C)C)cc21. The Kier molecular flexibility index (Phi) is 4.46. The van der Waals surface area contributed by atoms with Crippen LogP contribution in [0.3, 0.4) is 0 Å². The van der Waals surface area contributed by atoms with E-state index < -0.39 is 0 Å². The van der Waals surface area contributed by atoms with Gasteiger partial charge >= 0.3 is 0 Å². The lowest BCUT2D eigenvalue weighted by Crippen LogP contribution is -2.24. The normalized spacial score (nSPS) is 13.1. The summed E-state index contributed by atoms with van der Waals surface area (Å²) in [5.74, 6) is 0.805. The van der Waals surface area contributed by atoms with Gasteiger partial charge in [-0.05, 0) is 28.5 Å². The summed E-state index contributed by atoms with van der Waals surface area (Å²) in [5, 5.41) is 1.27. The van der Waals surface area contributed by atoms with Crippen LogP contribution in [0.5, 0.6) is 0 Å². The largest absolute Gasteiger partial charge is 0.364 e. The fourth-order valence-corrected chi connectivity index (χ4v) is 2.79.